The number of hydrogen-bond donors (Lipinski definition) is 1. The van der Waals surface area contributed by atoms with Gasteiger partial charge in [0.15, 0.2) is 5.82 Å². The lowest BCUT2D eigenvalue weighted by molar-refractivity contribution is 0.351. The lowest BCUT2D eigenvalue weighted by Gasteiger charge is -2.03. The zero-order valence-electron chi connectivity index (χ0n) is 9.32. The molecule has 1 aromatic rings. The third-order valence-electron chi connectivity index (χ3n) is 3.34. The molecule has 0 amide bonds. The first kappa shape index (κ1) is 10.6. The molecule has 4 nitrogen and oxygen atoms in total. The van der Waals surface area contributed by atoms with Crippen molar-refractivity contribution in [3.8, 4) is 0 Å². The third-order valence-corrected chi connectivity index (χ3v) is 4.57. The maximum Gasteiger partial charge on any atom is 0.227 e. The summed E-state index contributed by atoms with van der Waals surface area (Å²) in [6, 6.07) is 0.329. The molecule has 3 heterocycles. The molecule has 3 rings (SSSR count). The van der Waals surface area contributed by atoms with Gasteiger partial charge in [0, 0.05) is 6.42 Å². The van der Waals surface area contributed by atoms with Gasteiger partial charge < -0.3 is 9.84 Å². The second-order valence-corrected chi connectivity index (χ2v) is 5.78. The molecular formula is C11H17N3OS. The Kier molecular flexibility index (Phi) is 3.15. The lowest BCUT2D eigenvalue weighted by Crippen LogP contribution is -2.14. The van der Waals surface area contributed by atoms with Gasteiger partial charge in [-0.1, -0.05) is 5.16 Å². The van der Waals surface area contributed by atoms with Crippen molar-refractivity contribution in [2.24, 2.45) is 5.92 Å². The summed E-state index contributed by atoms with van der Waals surface area (Å²) in [6.45, 7) is 1.08. The first-order valence-corrected chi connectivity index (χ1v) is 7.21. The number of nitrogens with one attached hydrogen (secondary N) is 1. The van der Waals surface area contributed by atoms with E-state index in [0.29, 0.717) is 6.04 Å². The molecule has 1 aromatic heterocycles. The molecule has 0 aromatic carbocycles. The fraction of sp³-hybridized carbons (Fsp3) is 0.818. The van der Waals surface area contributed by atoms with Crippen LogP contribution in [0, 0.1) is 5.92 Å². The van der Waals surface area contributed by atoms with Gasteiger partial charge in [0.1, 0.15) is 0 Å². The lowest BCUT2D eigenvalue weighted by atomic mass is 10.1. The van der Waals surface area contributed by atoms with Crippen LogP contribution in [-0.4, -0.2) is 28.2 Å². The van der Waals surface area contributed by atoms with Crippen molar-refractivity contribution in [1.82, 2.24) is 15.5 Å². The van der Waals surface area contributed by atoms with E-state index in [1.54, 1.807) is 0 Å². The molecule has 0 spiro atoms. The Balaban J connectivity index is 1.62. The molecule has 2 fully saturated rings. The molecule has 0 bridgehead atoms. The highest BCUT2D eigenvalue weighted by Gasteiger charge is 2.23. The topological polar surface area (TPSA) is 51.0 Å². The van der Waals surface area contributed by atoms with Gasteiger partial charge in [0.25, 0.3) is 0 Å². The number of rotatable bonds is 3. The van der Waals surface area contributed by atoms with Crippen molar-refractivity contribution in [1.29, 1.82) is 0 Å². The fourth-order valence-electron chi connectivity index (χ4n) is 2.39. The number of nitrogens with zero attached hydrogens (tertiary/aromatic N) is 2. The largest absolute Gasteiger partial charge is 0.339 e. The molecule has 2 atom stereocenters. The van der Waals surface area contributed by atoms with Crippen LogP contribution in [0.1, 0.15) is 37.0 Å². The van der Waals surface area contributed by atoms with Crippen molar-refractivity contribution in [3.05, 3.63) is 11.7 Å². The molecule has 16 heavy (non-hydrogen) atoms. The van der Waals surface area contributed by atoms with Crippen LogP contribution >= 0.6 is 11.8 Å². The van der Waals surface area contributed by atoms with Crippen LogP contribution < -0.4 is 5.32 Å². The summed E-state index contributed by atoms with van der Waals surface area (Å²) in [7, 11) is 0. The van der Waals surface area contributed by atoms with Gasteiger partial charge in [-0.3, -0.25) is 0 Å². The molecule has 2 unspecified atom stereocenters. The molecule has 2 saturated heterocycles. The highest BCUT2D eigenvalue weighted by atomic mass is 32.2. The predicted molar refractivity (Wildman–Crippen MR) is 63.4 cm³/mol. The zero-order valence-corrected chi connectivity index (χ0v) is 10.1. The normalized spacial score (nSPS) is 30.0. The fourth-order valence-corrected chi connectivity index (χ4v) is 3.67. The van der Waals surface area contributed by atoms with Gasteiger partial charge in [0.2, 0.25) is 5.89 Å². The maximum atomic E-state index is 5.33. The zero-order chi connectivity index (χ0) is 10.8. The van der Waals surface area contributed by atoms with Gasteiger partial charge in [-0.15, -0.1) is 0 Å². The van der Waals surface area contributed by atoms with Gasteiger partial charge in [-0.25, -0.2) is 0 Å². The van der Waals surface area contributed by atoms with Crippen molar-refractivity contribution >= 4 is 11.8 Å². The van der Waals surface area contributed by atoms with E-state index >= 15 is 0 Å². The van der Waals surface area contributed by atoms with Crippen LogP contribution in [0.3, 0.4) is 0 Å². The van der Waals surface area contributed by atoms with Crippen LogP contribution in [0.2, 0.25) is 0 Å². The van der Waals surface area contributed by atoms with E-state index in [0.717, 1.165) is 37.0 Å². The average Bonchev–Trinajstić information content (AvgIpc) is 2.99. The van der Waals surface area contributed by atoms with E-state index in [1.165, 1.54) is 24.3 Å². The average molecular weight is 239 g/mol. The Hall–Kier alpha value is -0.550. The second kappa shape index (κ2) is 4.75. The van der Waals surface area contributed by atoms with Crippen molar-refractivity contribution in [2.75, 3.05) is 18.1 Å². The van der Waals surface area contributed by atoms with Gasteiger partial charge in [-0.2, -0.15) is 16.7 Å². The molecule has 1 N–H and O–H groups in total. The molecule has 2 aliphatic rings. The monoisotopic (exact) mass is 239 g/mol. The SMILES string of the molecule is C1CNC(c2noc(CC3CCSC3)n2)C1. The van der Waals surface area contributed by atoms with Crippen molar-refractivity contribution in [2.45, 2.75) is 31.7 Å². The second-order valence-electron chi connectivity index (χ2n) is 4.63. The van der Waals surface area contributed by atoms with Gasteiger partial charge >= 0.3 is 0 Å². The summed E-state index contributed by atoms with van der Waals surface area (Å²) >= 11 is 2.03. The Morgan fingerprint density at radius 3 is 3.19 bits per heavy atom. The molecule has 0 aliphatic carbocycles. The number of hydrogen-bond acceptors (Lipinski definition) is 5. The minimum Gasteiger partial charge on any atom is -0.339 e. The summed E-state index contributed by atoms with van der Waals surface area (Å²) in [6.07, 6.45) is 4.61. The van der Waals surface area contributed by atoms with Gasteiger partial charge in [-0.05, 0) is 43.2 Å². The van der Waals surface area contributed by atoms with E-state index in [9.17, 15) is 0 Å². The Labute approximate surface area is 99.6 Å². The Bertz CT molecular complexity index is 343. The Morgan fingerprint density at radius 1 is 1.44 bits per heavy atom. The van der Waals surface area contributed by atoms with Crippen LogP contribution in [0.25, 0.3) is 0 Å². The number of thioether (sulfide) groups is 1. The standard InChI is InChI=1S/C11H17N3OS/c1-2-9(12-4-1)11-13-10(15-14-11)6-8-3-5-16-7-8/h8-9,12H,1-7H2. The van der Waals surface area contributed by atoms with E-state index < -0.39 is 0 Å². The molecule has 0 saturated carbocycles. The third kappa shape index (κ3) is 2.25. The first-order valence-electron chi connectivity index (χ1n) is 6.05. The summed E-state index contributed by atoms with van der Waals surface area (Å²) in [5, 5.41) is 7.48. The summed E-state index contributed by atoms with van der Waals surface area (Å²) in [5.41, 5.74) is 0. The number of aromatic nitrogens is 2. The van der Waals surface area contributed by atoms with Crippen molar-refractivity contribution < 1.29 is 4.52 Å². The van der Waals surface area contributed by atoms with E-state index in [-0.39, 0.29) is 0 Å². The quantitative estimate of drug-likeness (QED) is 0.871. The highest BCUT2D eigenvalue weighted by molar-refractivity contribution is 7.99. The molecule has 2 aliphatic heterocycles. The Morgan fingerprint density at radius 2 is 2.44 bits per heavy atom. The summed E-state index contributed by atoms with van der Waals surface area (Å²) in [4.78, 5) is 4.51. The molecule has 0 radical (unpaired) electrons. The van der Waals surface area contributed by atoms with Gasteiger partial charge in [0.05, 0.1) is 6.04 Å². The van der Waals surface area contributed by atoms with Crippen molar-refractivity contribution in [3.63, 3.8) is 0 Å². The minimum atomic E-state index is 0.329. The predicted octanol–water partition coefficient (Wildman–Crippen LogP) is 1.79. The van der Waals surface area contributed by atoms with E-state index in [2.05, 4.69) is 15.5 Å². The first-order chi connectivity index (χ1) is 7.92. The van der Waals surface area contributed by atoms with Crippen LogP contribution in [0.15, 0.2) is 4.52 Å². The molecule has 88 valence electrons. The molecular weight excluding hydrogens is 222 g/mol. The van der Waals surface area contributed by atoms with Crippen LogP contribution in [0.4, 0.5) is 0 Å². The molecule has 5 heteroatoms. The van der Waals surface area contributed by atoms with E-state index in [4.69, 9.17) is 4.52 Å². The van der Waals surface area contributed by atoms with E-state index in [1.807, 2.05) is 11.8 Å². The maximum absolute atomic E-state index is 5.33. The smallest absolute Gasteiger partial charge is 0.227 e. The summed E-state index contributed by atoms with van der Waals surface area (Å²) in [5.74, 6) is 4.97. The summed E-state index contributed by atoms with van der Waals surface area (Å²) < 4.78 is 5.33. The van der Waals surface area contributed by atoms with Crippen LogP contribution in [-0.2, 0) is 6.42 Å². The minimum absolute atomic E-state index is 0.329. The highest BCUT2D eigenvalue weighted by Crippen LogP contribution is 2.27. The van der Waals surface area contributed by atoms with Crippen LogP contribution in [0.5, 0.6) is 0 Å².